The molecular formula is C51H59N3O9. The molecule has 332 valence electrons. The Morgan fingerprint density at radius 3 is 2.56 bits per heavy atom. The molecule has 63 heavy (non-hydrogen) atoms. The molecule has 1 aromatic heterocycles. The van der Waals surface area contributed by atoms with Gasteiger partial charge in [0.25, 0.3) is 0 Å². The van der Waals surface area contributed by atoms with Gasteiger partial charge in [0.1, 0.15) is 17.4 Å². The highest BCUT2D eigenvalue weighted by atomic mass is 16.5. The van der Waals surface area contributed by atoms with Crippen molar-refractivity contribution < 1.29 is 44.9 Å². The average Bonchev–Trinajstić information content (AvgIpc) is 3.90. The number of aromatic nitrogens is 1. The van der Waals surface area contributed by atoms with E-state index >= 15 is 4.79 Å². The fourth-order valence-electron chi connectivity index (χ4n) is 10.4. The molecule has 6 atom stereocenters. The number of aromatic amines is 1. The number of aromatic hydroxyl groups is 4. The summed E-state index contributed by atoms with van der Waals surface area (Å²) in [7, 11) is 1.48. The third-order valence-corrected chi connectivity index (χ3v) is 13.5. The molecule has 12 heteroatoms. The van der Waals surface area contributed by atoms with E-state index in [1.54, 1.807) is 36.4 Å². The van der Waals surface area contributed by atoms with E-state index in [1.807, 2.05) is 56.5 Å². The summed E-state index contributed by atoms with van der Waals surface area (Å²) < 4.78 is 11.4. The van der Waals surface area contributed by atoms with Crippen molar-refractivity contribution >= 4 is 22.2 Å². The van der Waals surface area contributed by atoms with E-state index in [9.17, 15) is 30.6 Å². The Morgan fingerprint density at radius 1 is 0.937 bits per heavy atom. The van der Waals surface area contributed by atoms with E-state index in [-0.39, 0.29) is 53.3 Å². The van der Waals surface area contributed by atoms with Crippen LogP contribution >= 0.6 is 0 Å². The molecule has 12 nitrogen and oxygen atoms in total. The lowest BCUT2D eigenvalue weighted by Gasteiger charge is -2.46. The van der Waals surface area contributed by atoms with Crippen molar-refractivity contribution in [1.82, 2.24) is 10.3 Å². The summed E-state index contributed by atoms with van der Waals surface area (Å²) in [5, 5.41) is 76.8. The Kier molecular flexibility index (Phi) is 12.7. The Hall–Kier alpha value is -6.11. The summed E-state index contributed by atoms with van der Waals surface area (Å²) in [5.41, 5.74) is 3.99. The standard InChI is InChI=1S/C51H59N3O9/c1-29(2)28-63-47-25-33(24-45(60)50(47)61)31-8-11-38-37-12-10-36(55)22-32(37)9-13-40(38)54-48-26-34(17-20-53-48)51(18-16-41(56)39(51)27-35-5-4-19-52-35)49(44(59)23-31)43(58)15-7-30-6-14-42(57)46(21-30)62-3/h4-6,9-10,12-14,17,19,21-22,24-26,29,31,39,41,43,49,52-58,60-61H,7-8,11,15-16,18,20,23,27-28H2,1-3H3. The van der Waals surface area contributed by atoms with Crippen LogP contribution in [0.15, 0.2) is 103 Å². The lowest BCUT2D eigenvalue weighted by atomic mass is 9.57. The first-order chi connectivity index (χ1) is 30.3. The molecule has 0 saturated heterocycles. The lowest BCUT2D eigenvalue weighted by molar-refractivity contribution is -0.134. The Balaban J connectivity index is 1.30. The highest BCUT2D eigenvalue weighted by Crippen LogP contribution is 2.58. The molecule has 2 aliphatic heterocycles. The molecule has 0 amide bonds. The monoisotopic (exact) mass is 857 g/mol. The van der Waals surface area contributed by atoms with Gasteiger partial charge in [0, 0.05) is 41.9 Å². The molecule has 6 unspecified atom stereocenters. The van der Waals surface area contributed by atoms with Crippen LogP contribution in [0, 0.1) is 23.2 Å². The van der Waals surface area contributed by atoms with Gasteiger partial charge in [-0.15, -0.1) is 0 Å². The third kappa shape index (κ3) is 8.92. The second-order valence-electron chi connectivity index (χ2n) is 18.0. The van der Waals surface area contributed by atoms with Crippen LogP contribution in [-0.2, 0) is 24.1 Å². The van der Waals surface area contributed by atoms with E-state index in [1.165, 1.54) is 13.2 Å². The number of hydrogen-bond acceptors (Lipinski definition) is 11. The SMILES string of the molecule is COc1cc(CCC(O)C2C(=O)CC(c3cc(O)c(O)c(OCC(C)C)c3)CCc3c(ccc4cc(O)ccc34)NC3=CC(=CCN3)C23CCC(O)C3Cc2ccc[nH]2)ccc1O. The molecule has 1 fully saturated rings. The molecule has 5 aromatic rings. The summed E-state index contributed by atoms with van der Waals surface area (Å²) in [5.74, 6) is -1.43. The predicted octanol–water partition coefficient (Wildman–Crippen LogP) is 8.12. The van der Waals surface area contributed by atoms with Gasteiger partial charge >= 0.3 is 0 Å². The summed E-state index contributed by atoms with van der Waals surface area (Å²) in [4.78, 5) is 19.2. The number of Topliss-reactive ketones (excluding diaryl/α,β-unsaturated/α-hetero) is 1. The number of aliphatic hydroxyl groups is 2. The molecule has 1 spiro atoms. The molecular weight excluding hydrogens is 799 g/mol. The van der Waals surface area contributed by atoms with E-state index in [0.29, 0.717) is 68.8 Å². The average molecular weight is 858 g/mol. The number of phenolic OH excluding ortho intramolecular Hbond substituents is 4. The second kappa shape index (κ2) is 18.3. The van der Waals surface area contributed by atoms with Gasteiger partial charge in [0.2, 0.25) is 5.75 Å². The van der Waals surface area contributed by atoms with Gasteiger partial charge in [-0.1, -0.05) is 38.1 Å². The Labute approximate surface area is 367 Å². The molecule has 3 heterocycles. The number of phenols is 4. The van der Waals surface area contributed by atoms with E-state index in [4.69, 9.17) is 9.47 Å². The zero-order valence-electron chi connectivity index (χ0n) is 36.1. The number of aryl methyl sites for hydroxylation is 2. The molecule has 1 saturated carbocycles. The van der Waals surface area contributed by atoms with Crippen molar-refractivity contribution in [2.45, 2.75) is 83.3 Å². The number of rotatable bonds is 11. The third-order valence-electron chi connectivity index (χ3n) is 13.5. The maximum absolute atomic E-state index is 15.9. The van der Waals surface area contributed by atoms with Crippen LogP contribution < -0.4 is 20.1 Å². The van der Waals surface area contributed by atoms with Gasteiger partial charge in [-0.05, 0) is 150 Å². The number of allylic oxidation sites excluding steroid dienone is 2. The molecule has 2 bridgehead atoms. The number of ketones is 1. The molecule has 4 aromatic carbocycles. The van der Waals surface area contributed by atoms with Crippen LogP contribution in [0.4, 0.5) is 5.69 Å². The molecule has 8 rings (SSSR count). The minimum absolute atomic E-state index is 0.00433. The summed E-state index contributed by atoms with van der Waals surface area (Å²) in [6, 6.07) is 21.5. The molecule has 9 N–H and O–H groups in total. The number of methoxy groups -OCH3 is 1. The van der Waals surface area contributed by atoms with Crippen molar-refractivity contribution in [2.75, 3.05) is 25.6 Å². The summed E-state index contributed by atoms with van der Waals surface area (Å²) in [6.07, 6.45) is 6.83. The number of fused-ring (bicyclic) bond motifs is 5. The maximum atomic E-state index is 15.9. The van der Waals surface area contributed by atoms with E-state index in [0.717, 1.165) is 38.9 Å². The fraction of sp³-hybridized carbons (Fsp3) is 0.392. The van der Waals surface area contributed by atoms with Crippen LogP contribution in [0.25, 0.3) is 10.8 Å². The first-order valence-corrected chi connectivity index (χ1v) is 22.1. The van der Waals surface area contributed by atoms with Crippen LogP contribution in [0.2, 0.25) is 0 Å². The number of ether oxygens (including phenoxy) is 2. The van der Waals surface area contributed by atoms with Crippen molar-refractivity contribution in [2.24, 2.45) is 23.2 Å². The Bertz CT molecular complexity index is 2510. The fourth-order valence-corrected chi connectivity index (χ4v) is 10.4. The minimum Gasteiger partial charge on any atom is -0.508 e. The molecule has 0 radical (unpaired) electrons. The Morgan fingerprint density at radius 2 is 1.78 bits per heavy atom. The number of carbonyl (C=O) groups is 1. The van der Waals surface area contributed by atoms with Crippen LogP contribution in [-0.4, -0.2) is 73.9 Å². The van der Waals surface area contributed by atoms with Gasteiger partial charge in [-0.3, -0.25) is 4.79 Å². The zero-order chi connectivity index (χ0) is 44.4. The largest absolute Gasteiger partial charge is 0.508 e. The lowest BCUT2D eigenvalue weighted by Crippen LogP contribution is -2.50. The topological polar surface area (TPSA) is 197 Å². The summed E-state index contributed by atoms with van der Waals surface area (Å²) >= 11 is 0. The number of aliphatic hydroxyl groups excluding tert-OH is 2. The van der Waals surface area contributed by atoms with E-state index in [2.05, 4.69) is 21.7 Å². The maximum Gasteiger partial charge on any atom is 0.200 e. The van der Waals surface area contributed by atoms with Crippen molar-refractivity contribution in [1.29, 1.82) is 0 Å². The normalized spacial score (nSPS) is 23.1. The molecule has 3 aliphatic rings. The summed E-state index contributed by atoms with van der Waals surface area (Å²) in [6.45, 7) is 4.71. The van der Waals surface area contributed by atoms with Crippen molar-refractivity contribution in [3.63, 3.8) is 0 Å². The van der Waals surface area contributed by atoms with Gasteiger partial charge < -0.3 is 55.7 Å². The number of H-pyrrole nitrogens is 1. The predicted molar refractivity (Wildman–Crippen MR) is 242 cm³/mol. The second-order valence-corrected chi connectivity index (χ2v) is 18.0. The van der Waals surface area contributed by atoms with Gasteiger partial charge in [0.05, 0.1) is 31.8 Å². The van der Waals surface area contributed by atoms with Crippen LogP contribution in [0.5, 0.6) is 34.5 Å². The quantitative estimate of drug-likeness (QED) is 0.0582. The number of nitrogens with one attached hydrogen (secondary N) is 3. The van der Waals surface area contributed by atoms with Crippen molar-refractivity contribution in [3.8, 4) is 34.5 Å². The van der Waals surface area contributed by atoms with Crippen molar-refractivity contribution in [3.05, 3.63) is 125 Å². The first-order valence-electron chi connectivity index (χ1n) is 22.1. The van der Waals surface area contributed by atoms with Crippen LogP contribution in [0.1, 0.15) is 74.3 Å². The van der Waals surface area contributed by atoms with Gasteiger partial charge in [-0.2, -0.15) is 0 Å². The smallest absolute Gasteiger partial charge is 0.200 e. The highest BCUT2D eigenvalue weighted by molar-refractivity contribution is 5.91. The number of anilines is 1. The number of dihydropyridines is 1. The number of benzene rings is 4. The zero-order valence-corrected chi connectivity index (χ0v) is 36.1. The van der Waals surface area contributed by atoms with E-state index < -0.39 is 35.4 Å². The number of carbonyl (C=O) groups excluding carboxylic acids is 1. The highest BCUT2D eigenvalue weighted by Gasteiger charge is 2.58. The van der Waals surface area contributed by atoms with Crippen LogP contribution in [0.3, 0.4) is 0 Å². The van der Waals surface area contributed by atoms with Gasteiger partial charge in [0.15, 0.2) is 23.0 Å². The number of hydrogen-bond donors (Lipinski definition) is 9. The molecule has 1 aliphatic carbocycles. The minimum atomic E-state index is -1.16. The first kappa shape index (κ1) is 43.5. The van der Waals surface area contributed by atoms with Gasteiger partial charge in [-0.25, -0.2) is 0 Å².